The van der Waals surface area contributed by atoms with E-state index in [-0.39, 0.29) is 24.9 Å². The number of halogens is 1. The first-order chi connectivity index (χ1) is 13.5. The molecule has 0 aliphatic carbocycles. The van der Waals surface area contributed by atoms with Gasteiger partial charge in [-0.3, -0.25) is 14.5 Å². The molecule has 0 bridgehead atoms. The summed E-state index contributed by atoms with van der Waals surface area (Å²) in [7, 11) is 1.82. The lowest BCUT2D eigenvalue weighted by atomic mass is 10.1. The molecule has 0 saturated carbocycles. The van der Waals surface area contributed by atoms with E-state index in [0.29, 0.717) is 18.2 Å². The molecule has 0 heterocycles. The Morgan fingerprint density at radius 1 is 1.07 bits per heavy atom. The van der Waals surface area contributed by atoms with Gasteiger partial charge in [-0.25, -0.2) is 0 Å². The summed E-state index contributed by atoms with van der Waals surface area (Å²) in [6.07, 6.45) is 0.825. The van der Waals surface area contributed by atoms with Gasteiger partial charge in [-0.1, -0.05) is 36.7 Å². The predicted molar refractivity (Wildman–Crippen MR) is 112 cm³/mol. The van der Waals surface area contributed by atoms with E-state index < -0.39 is 0 Å². The van der Waals surface area contributed by atoms with Gasteiger partial charge < -0.3 is 15.4 Å². The number of nitrogens with zero attached hydrogens (tertiary/aromatic N) is 1. The van der Waals surface area contributed by atoms with Gasteiger partial charge in [-0.05, 0) is 49.4 Å². The zero-order chi connectivity index (χ0) is 20.4. The SMILES string of the molecule is CCc1ccccc1NC(=O)CNC(=O)CN(C)CCOc1ccc(Cl)cc1. The van der Waals surface area contributed by atoms with E-state index in [4.69, 9.17) is 16.3 Å². The maximum absolute atomic E-state index is 12.1. The number of nitrogens with one attached hydrogen (secondary N) is 2. The molecule has 6 nitrogen and oxygen atoms in total. The predicted octanol–water partition coefficient (Wildman–Crippen LogP) is 2.97. The number of benzene rings is 2. The van der Waals surface area contributed by atoms with E-state index in [1.165, 1.54) is 0 Å². The third-order valence-corrected chi connectivity index (χ3v) is 4.34. The lowest BCUT2D eigenvalue weighted by Gasteiger charge is -2.17. The van der Waals surface area contributed by atoms with Crippen molar-refractivity contribution in [3.05, 3.63) is 59.1 Å². The lowest BCUT2D eigenvalue weighted by molar-refractivity contribution is -0.124. The number of rotatable bonds is 10. The normalized spacial score (nSPS) is 10.6. The minimum atomic E-state index is -0.247. The second-order valence-electron chi connectivity index (χ2n) is 6.38. The highest BCUT2D eigenvalue weighted by Gasteiger charge is 2.10. The van der Waals surface area contributed by atoms with Gasteiger partial charge in [-0.15, -0.1) is 0 Å². The van der Waals surface area contributed by atoms with E-state index in [0.717, 1.165) is 23.4 Å². The molecule has 0 saturated heterocycles. The molecular formula is C21H26ClN3O3. The quantitative estimate of drug-likeness (QED) is 0.639. The van der Waals surface area contributed by atoms with Crippen LogP contribution in [0.5, 0.6) is 5.75 Å². The third-order valence-electron chi connectivity index (χ3n) is 4.09. The summed E-state index contributed by atoms with van der Waals surface area (Å²) in [4.78, 5) is 25.9. The van der Waals surface area contributed by atoms with Gasteiger partial charge in [0.05, 0.1) is 13.1 Å². The summed E-state index contributed by atoms with van der Waals surface area (Å²) in [5, 5.41) is 6.12. The van der Waals surface area contributed by atoms with Crippen LogP contribution >= 0.6 is 11.6 Å². The molecule has 0 unspecified atom stereocenters. The summed E-state index contributed by atoms with van der Waals surface area (Å²) in [5.41, 5.74) is 1.84. The first-order valence-electron chi connectivity index (χ1n) is 9.19. The van der Waals surface area contributed by atoms with Crippen LogP contribution in [0.25, 0.3) is 0 Å². The highest BCUT2D eigenvalue weighted by atomic mass is 35.5. The summed E-state index contributed by atoms with van der Waals surface area (Å²) in [6.45, 7) is 3.17. The van der Waals surface area contributed by atoms with Crippen molar-refractivity contribution < 1.29 is 14.3 Å². The summed E-state index contributed by atoms with van der Waals surface area (Å²) in [6, 6.07) is 14.7. The molecule has 2 aromatic rings. The van der Waals surface area contributed by atoms with Crippen molar-refractivity contribution >= 4 is 29.1 Å². The molecule has 0 atom stereocenters. The average molecular weight is 404 g/mol. The van der Waals surface area contributed by atoms with Crippen LogP contribution in [-0.4, -0.2) is 50.0 Å². The molecular weight excluding hydrogens is 378 g/mol. The van der Waals surface area contributed by atoms with Crippen molar-refractivity contribution in [2.45, 2.75) is 13.3 Å². The van der Waals surface area contributed by atoms with E-state index in [1.807, 2.05) is 43.1 Å². The number of para-hydroxylation sites is 1. The Hall–Kier alpha value is -2.57. The number of likely N-dealkylation sites (N-methyl/N-ethyl adjacent to an activating group) is 1. The first-order valence-corrected chi connectivity index (χ1v) is 9.57. The number of hydrogen-bond acceptors (Lipinski definition) is 4. The Labute approximate surface area is 170 Å². The number of amides is 2. The van der Waals surface area contributed by atoms with Gasteiger partial charge >= 0.3 is 0 Å². The highest BCUT2D eigenvalue weighted by Crippen LogP contribution is 2.16. The summed E-state index contributed by atoms with van der Waals surface area (Å²) in [5.74, 6) is 0.266. The van der Waals surface area contributed by atoms with Crippen LogP contribution < -0.4 is 15.4 Å². The maximum Gasteiger partial charge on any atom is 0.243 e. The molecule has 150 valence electrons. The Kier molecular flexibility index (Phi) is 8.78. The van der Waals surface area contributed by atoms with E-state index in [2.05, 4.69) is 10.6 Å². The molecule has 0 radical (unpaired) electrons. The van der Waals surface area contributed by atoms with Crippen LogP contribution in [0.1, 0.15) is 12.5 Å². The molecule has 2 aromatic carbocycles. The topological polar surface area (TPSA) is 70.7 Å². The summed E-state index contributed by atoms with van der Waals surface area (Å²) < 4.78 is 5.60. The Morgan fingerprint density at radius 3 is 2.50 bits per heavy atom. The molecule has 2 amide bonds. The lowest BCUT2D eigenvalue weighted by Crippen LogP contribution is -2.40. The largest absolute Gasteiger partial charge is 0.492 e. The molecule has 0 aliphatic rings. The fourth-order valence-electron chi connectivity index (χ4n) is 2.55. The first kappa shape index (κ1) is 21.7. The number of carbonyl (C=O) groups is 2. The van der Waals surface area contributed by atoms with Crippen LogP contribution in [0.15, 0.2) is 48.5 Å². The maximum atomic E-state index is 12.1. The van der Waals surface area contributed by atoms with Crippen LogP contribution in [0.3, 0.4) is 0 Å². The van der Waals surface area contributed by atoms with Crippen molar-refractivity contribution in [2.24, 2.45) is 0 Å². The van der Waals surface area contributed by atoms with Crippen LogP contribution in [0.4, 0.5) is 5.69 Å². The van der Waals surface area contributed by atoms with Gasteiger partial charge in [0.15, 0.2) is 0 Å². The Morgan fingerprint density at radius 2 is 1.79 bits per heavy atom. The third kappa shape index (κ3) is 7.58. The molecule has 2 N–H and O–H groups in total. The van der Waals surface area contributed by atoms with E-state index in [9.17, 15) is 9.59 Å². The van der Waals surface area contributed by atoms with Gasteiger partial charge in [0.25, 0.3) is 0 Å². The molecule has 0 aromatic heterocycles. The van der Waals surface area contributed by atoms with E-state index >= 15 is 0 Å². The number of anilines is 1. The fourth-order valence-corrected chi connectivity index (χ4v) is 2.68. The molecule has 0 fully saturated rings. The van der Waals surface area contributed by atoms with Crippen LogP contribution in [0, 0.1) is 0 Å². The zero-order valence-corrected chi connectivity index (χ0v) is 17.0. The van der Waals surface area contributed by atoms with Gasteiger partial charge in [-0.2, -0.15) is 0 Å². The van der Waals surface area contributed by atoms with Crippen molar-refractivity contribution in [3.8, 4) is 5.75 Å². The van der Waals surface area contributed by atoms with Gasteiger partial charge in [0.1, 0.15) is 12.4 Å². The number of ether oxygens (including phenoxy) is 1. The van der Waals surface area contributed by atoms with Gasteiger partial charge in [0.2, 0.25) is 11.8 Å². The Balaban J connectivity index is 1.65. The minimum Gasteiger partial charge on any atom is -0.492 e. The molecule has 7 heteroatoms. The monoisotopic (exact) mass is 403 g/mol. The standard InChI is InChI=1S/C21H26ClN3O3/c1-3-16-6-4-5-7-19(16)24-20(26)14-23-21(27)15-25(2)12-13-28-18-10-8-17(22)9-11-18/h4-11H,3,12-15H2,1-2H3,(H,23,27)(H,24,26). The highest BCUT2D eigenvalue weighted by molar-refractivity contribution is 6.30. The number of aryl methyl sites for hydroxylation is 1. The average Bonchev–Trinajstić information content (AvgIpc) is 2.68. The van der Waals surface area contributed by atoms with Crippen LogP contribution in [0.2, 0.25) is 5.02 Å². The molecule has 0 spiro atoms. The fraction of sp³-hybridized carbons (Fsp3) is 0.333. The van der Waals surface area contributed by atoms with Crippen LogP contribution in [-0.2, 0) is 16.0 Å². The molecule has 0 aliphatic heterocycles. The van der Waals surface area contributed by atoms with Crippen molar-refractivity contribution in [2.75, 3.05) is 38.6 Å². The van der Waals surface area contributed by atoms with Crippen molar-refractivity contribution in [3.63, 3.8) is 0 Å². The van der Waals surface area contributed by atoms with Crippen molar-refractivity contribution in [1.82, 2.24) is 10.2 Å². The second-order valence-corrected chi connectivity index (χ2v) is 6.81. The number of hydrogen-bond donors (Lipinski definition) is 2. The van der Waals surface area contributed by atoms with E-state index in [1.54, 1.807) is 24.3 Å². The molecule has 28 heavy (non-hydrogen) atoms. The smallest absolute Gasteiger partial charge is 0.243 e. The Bertz CT molecular complexity index is 781. The van der Waals surface area contributed by atoms with Crippen molar-refractivity contribution in [1.29, 1.82) is 0 Å². The molecule has 2 rings (SSSR count). The minimum absolute atomic E-state index is 0.0635. The van der Waals surface area contributed by atoms with Gasteiger partial charge in [0, 0.05) is 17.3 Å². The number of carbonyl (C=O) groups excluding carboxylic acids is 2. The second kappa shape index (κ2) is 11.3. The summed E-state index contributed by atoms with van der Waals surface area (Å²) >= 11 is 5.83. The zero-order valence-electron chi connectivity index (χ0n) is 16.2.